The Kier molecular flexibility index (Phi) is 7.11. The Hall–Kier alpha value is -1.23. The van der Waals surface area contributed by atoms with Gasteiger partial charge in [0.05, 0.1) is 18.3 Å². The first kappa shape index (κ1) is 23.4. The van der Waals surface area contributed by atoms with Crippen molar-refractivity contribution in [3.63, 3.8) is 0 Å². The Morgan fingerprint density at radius 1 is 1.07 bits per heavy atom. The minimum Gasteiger partial charge on any atom is -0.496 e. The van der Waals surface area contributed by atoms with Crippen LogP contribution in [0.15, 0.2) is 42.7 Å². The second-order valence-electron chi connectivity index (χ2n) is 7.87. The molecule has 3 aromatic rings. The topological polar surface area (TPSA) is 45.5 Å². The fraction of sp³-hybridized carbons (Fsp3) is 0.409. The van der Waals surface area contributed by atoms with Crippen molar-refractivity contribution in [2.75, 3.05) is 7.11 Å². The van der Waals surface area contributed by atoms with E-state index >= 15 is 0 Å². The Morgan fingerprint density at radius 2 is 1.70 bits per heavy atom. The van der Waals surface area contributed by atoms with Crippen molar-refractivity contribution >= 4 is 53.9 Å². The molecule has 8 heteroatoms. The Labute approximate surface area is 195 Å². The average Bonchev–Trinajstić information content (AvgIpc) is 3.22. The molecular formula is C22H28BIN2O3S. The van der Waals surface area contributed by atoms with E-state index in [1.165, 1.54) is 0 Å². The van der Waals surface area contributed by atoms with Gasteiger partial charge >= 0.3 is 7.12 Å². The van der Waals surface area contributed by atoms with Crippen LogP contribution >= 0.6 is 30.3 Å². The Morgan fingerprint density at radius 3 is 2.30 bits per heavy atom. The number of rotatable bonds is 4. The fourth-order valence-electron chi connectivity index (χ4n) is 3.34. The lowest BCUT2D eigenvalue weighted by Gasteiger charge is -2.32. The SMILES string of the molecule is CC.COc1ccccc1-c1cn(SI)c2ncc(B3OC(C)(C)C(C)(C)O3)cc12. The minimum atomic E-state index is -0.442. The number of para-hydroxylation sites is 1. The van der Waals surface area contributed by atoms with Crippen molar-refractivity contribution in [1.82, 2.24) is 8.96 Å². The molecule has 1 aromatic carbocycles. The summed E-state index contributed by atoms with van der Waals surface area (Å²) in [5.74, 6) is 0.834. The number of nitrogens with zero attached hydrogens (tertiary/aromatic N) is 2. The number of aromatic nitrogens is 2. The predicted octanol–water partition coefficient (Wildman–Crippen LogP) is 5.88. The van der Waals surface area contributed by atoms with Crippen LogP contribution in [0.1, 0.15) is 41.5 Å². The first-order valence-electron chi connectivity index (χ1n) is 10.1. The van der Waals surface area contributed by atoms with E-state index in [0.29, 0.717) is 0 Å². The molecule has 4 rings (SSSR count). The lowest BCUT2D eigenvalue weighted by atomic mass is 9.79. The Bertz CT molecular complexity index is 1020. The molecular weight excluding hydrogens is 510 g/mol. The van der Waals surface area contributed by atoms with Gasteiger partial charge in [-0.05, 0) is 39.8 Å². The zero-order valence-electron chi connectivity index (χ0n) is 18.5. The molecule has 1 aliphatic rings. The van der Waals surface area contributed by atoms with Crippen molar-refractivity contribution in [2.45, 2.75) is 52.7 Å². The van der Waals surface area contributed by atoms with E-state index in [2.05, 4.69) is 71.2 Å². The summed E-state index contributed by atoms with van der Waals surface area (Å²) >= 11 is 2.27. The van der Waals surface area contributed by atoms with Crippen molar-refractivity contribution < 1.29 is 14.0 Å². The number of hydrogen-bond acceptors (Lipinski definition) is 5. The van der Waals surface area contributed by atoms with Gasteiger partial charge in [0.15, 0.2) is 5.65 Å². The zero-order chi connectivity index (χ0) is 22.1. The number of methoxy groups -OCH3 is 1. The maximum Gasteiger partial charge on any atom is 0.496 e. The third kappa shape index (κ3) is 4.11. The van der Waals surface area contributed by atoms with Crippen LogP contribution < -0.4 is 10.2 Å². The molecule has 1 saturated heterocycles. The number of hydrogen-bond donors (Lipinski definition) is 0. The third-order valence-electron chi connectivity index (χ3n) is 5.63. The van der Waals surface area contributed by atoms with Crippen LogP contribution in [0.4, 0.5) is 0 Å². The largest absolute Gasteiger partial charge is 0.496 e. The van der Waals surface area contributed by atoms with Gasteiger partial charge in [-0.1, -0.05) is 32.0 Å². The highest BCUT2D eigenvalue weighted by Gasteiger charge is 2.51. The van der Waals surface area contributed by atoms with Gasteiger partial charge in [0.25, 0.3) is 0 Å². The van der Waals surface area contributed by atoms with Crippen LogP contribution in [-0.4, -0.2) is 34.4 Å². The normalized spacial score (nSPS) is 17.0. The molecule has 0 bridgehead atoms. The van der Waals surface area contributed by atoms with Gasteiger partial charge in [0.1, 0.15) is 5.75 Å². The van der Waals surface area contributed by atoms with E-state index in [4.69, 9.17) is 19.0 Å². The number of halogens is 1. The van der Waals surface area contributed by atoms with E-state index in [-0.39, 0.29) is 11.2 Å². The van der Waals surface area contributed by atoms with Crippen molar-refractivity contribution in [3.05, 3.63) is 42.7 Å². The first-order valence-corrected chi connectivity index (χ1v) is 13.4. The van der Waals surface area contributed by atoms with Crippen molar-refractivity contribution in [1.29, 1.82) is 0 Å². The second-order valence-corrected chi connectivity index (χ2v) is 9.58. The van der Waals surface area contributed by atoms with Gasteiger partial charge in [-0.15, -0.1) is 0 Å². The van der Waals surface area contributed by atoms with Crippen LogP contribution in [0.25, 0.3) is 22.2 Å². The summed E-state index contributed by atoms with van der Waals surface area (Å²) in [6.07, 6.45) is 3.94. The van der Waals surface area contributed by atoms with Gasteiger partial charge in [0, 0.05) is 64.7 Å². The molecule has 0 unspecified atom stereocenters. The summed E-state index contributed by atoms with van der Waals surface area (Å²) in [5.41, 5.74) is 3.15. The van der Waals surface area contributed by atoms with Crippen LogP contribution in [0.3, 0.4) is 0 Å². The molecule has 0 saturated carbocycles. The Balaban J connectivity index is 0.00000124. The summed E-state index contributed by atoms with van der Waals surface area (Å²) in [4.78, 5) is 4.73. The molecule has 0 N–H and O–H groups in total. The molecule has 0 aliphatic carbocycles. The monoisotopic (exact) mass is 538 g/mol. The summed E-state index contributed by atoms with van der Waals surface area (Å²) in [7, 11) is 2.84. The van der Waals surface area contributed by atoms with Gasteiger partial charge < -0.3 is 14.0 Å². The molecule has 30 heavy (non-hydrogen) atoms. The number of fused-ring (bicyclic) bond motifs is 1. The lowest BCUT2D eigenvalue weighted by Crippen LogP contribution is -2.41. The highest BCUT2D eigenvalue weighted by Crippen LogP contribution is 2.39. The molecule has 0 spiro atoms. The molecule has 5 nitrogen and oxygen atoms in total. The first-order chi connectivity index (χ1) is 14.3. The third-order valence-corrected chi connectivity index (χ3v) is 7.33. The number of pyridine rings is 1. The maximum atomic E-state index is 6.22. The minimum absolute atomic E-state index is 0.387. The highest BCUT2D eigenvalue weighted by atomic mass is 127. The number of benzene rings is 1. The summed E-state index contributed by atoms with van der Waals surface area (Å²) in [6.45, 7) is 12.2. The van der Waals surface area contributed by atoms with E-state index < -0.39 is 7.12 Å². The average molecular weight is 538 g/mol. The van der Waals surface area contributed by atoms with Crippen LogP contribution in [-0.2, 0) is 9.31 Å². The predicted molar refractivity (Wildman–Crippen MR) is 136 cm³/mol. The van der Waals surface area contributed by atoms with Crippen molar-refractivity contribution in [2.24, 2.45) is 0 Å². The zero-order valence-corrected chi connectivity index (χ0v) is 21.5. The summed E-state index contributed by atoms with van der Waals surface area (Å²) in [5, 5.41) is 1.04. The van der Waals surface area contributed by atoms with Crippen molar-refractivity contribution in [3.8, 4) is 16.9 Å². The maximum absolute atomic E-state index is 6.22. The lowest BCUT2D eigenvalue weighted by molar-refractivity contribution is 0.00578. The quantitative estimate of drug-likeness (QED) is 0.307. The van der Waals surface area contributed by atoms with E-state index in [1.807, 2.05) is 38.2 Å². The molecule has 3 heterocycles. The van der Waals surface area contributed by atoms with Crippen LogP contribution in [0, 0.1) is 0 Å². The molecule has 2 aromatic heterocycles. The van der Waals surface area contributed by atoms with Crippen LogP contribution in [0.5, 0.6) is 5.75 Å². The highest BCUT2D eigenvalue weighted by molar-refractivity contribution is 14.2. The van der Waals surface area contributed by atoms with E-state index in [0.717, 1.165) is 33.4 Å². The molecule has 0 amide bonds. The van der Waals surface area contributed by atoms with Gasteiger partial charge in [-0.2, -0.15) is 0 Å². The smallest absolute Gasteiger partial charge is 0.496 e. The number of ether oxygens (including phenoxy) is 1. The van der Waals surface area contributed by atoms with E-state index in [9.17, 15) is 0 Å². The molecule has 1 aliphatic heterocycles. The summed E-state index contributed by atoms with van der Waals surface area (Å²) in [6, 6.07) is 10.2. The fourth-order valence-corrected chi connectivity index (χ4v) is 4.59. The van der Waals surface area contributed by atoms with Gasteiger partial charge in [0.2, 0.25) is 0 Å². The molecule has 0 radical (unpaired) electrons. The summed E-state index contributed by atoms with van der Waals surface area (Å²) < 4.78 is 20.1. The van der Waals surface area contributed by atoms with E-state index in [1.54, 1.807) is 16.2 Å². The molecule has 1 fully saturated rings. The van der Waals surface area contributed by atoms with Gasteiger partial charge in [-0.3, -0.25) is 3.97 Å². The van der Waals surface area contributed by atoms with Gasteiger partial charge in [-0.25, -0.2) is 4.98 Å². The second kappa shape index (κ2) is 9.10. The standard InChI is InChI=1S/C20H22BIN2O3S.C2H6/c1-19(2)20(3,4)27-21(26-19)13-10-15-16(12-24(28-22)18(15)23-11-13)14-8-6-7-9-17(14)25-5;1-2/h6-12H,1-5H3;1-2H3. The van der Waals surface area contributed by atoms with Crippen LogP contribution in [0.2, 0.25) is 0 Å². The molecule has 160 valence electrons. The molecule has 0 atom stereocenters.